The van der Waals surface area contributed by atoms with Gasteiger partial charge in [-0.2, -0.15) is 13.2 Å². The van der Waals surface area contributed by atoms with Crippen molar-refractivity contribution in [2.24, 2.45) is 5.92 Å². The molecule has 1 amide bonds. The molecule has 1 aromatic carbocycles. The summed E-state index contributed by atoms with van der Waals surface area (Å²) in [5.41, 5.74) is -4.30. The number of carbonyl (C=O) groups excluding carboxylic acids is 1. The number of halogens is 4. The normalized spacial score (nSPS) is 20.1. The van der Waals surface area contributed by atoms with Crippen molar-refractivity contribution in [2.45, 2.75) is 56.5 Å². The van der Waals surface area contributed by atoms with Crippen LogP contribution in [0.1, 0.15) is 44.9 Å². The minimum Gasteiger partial charge on any atom is -0.355 e. The van der Waals surface area contributed by atoms with Gasteiger partial charge >= 0.3 is 15.5 Å². The predicted octanol–water partition coefficient (Wildman–Crippen LogP) is 4.82. The van der Waals surface area contributed by atoms with Crippen molar-refractivity contribution in [2.75, 3.05) is 23.3 Å². The lowest BCUT2D eigenvalue weighted by Gasteiger charge is -2.21. The maximum absolute atomic E-state index is 12.7. The maximum atomic E-state index is 12.7. The zero-order valence-corrected chi connectivity index (χ0v) is 19.9. The van der Waals surface area contributed by atoms with Crippen LogP contribution in [-0.2, 0) is 14.8 Å². The molecule has 2 aliphatic rings. The largest absolute Gasteiger partial charge is 0.511 e. The summed E-state index contributed by atoms with van der Waals surface area (Å²) in [6, 6.07) is 5.92. The Hall–Kier alpha value is -2.11. The number of amides is 1. The summed E-state index contributed by atoms with van der Waals surface area (Å²) < 4.78 is 62.5. The number of hydrogen-bond acceptors (Lipinski definition) is 5. The number of aromatic nitrogens is 1. The first kappa shape index (κ1) is 25.0. The fourth-order valence-corrected chi connectivity index (χ4v) is 5.64. The smallest absolute Gasteiger partial charge is 0.355 e. The van der Waals surface area contributed by atoms with Crippen LogP contribution in [0.25, 0.3) is 10.9 Å². The van der Waals surface area contributed by atoms with Gasteiger partial charge in [0.2, 0.25) is 5.91 Å². The van der Waals surface area contributed by atoms with Crippen LogP contribution in [0.5, 0.6) is 0 Å². The molecule has 0 spiro atoms. The summed E-state index contributed by atoms with van der Waals surface area (Å²) in [5.74, 6) is 0.790. The Morgan fingerprint density at radius 3 is 2.56 bits per heavy atom. The molecule has 1 aliphatic heterocycles. The van der Waals surface area contributed by atoms with Crippen LogP contribution >= 0.6 is 11.6 Å². The summed E-state index contributed by atoms with van der Waals surface area (Å²) in [7, 11) is -5.41. The van der Waals surface area contributed by atoms with E-state index in [1.54, 1.807) is 33.9 Å². The van der Waals surface area contributed by atoms with Crippen LogP contribution in [0.15, 0.2) is 24.3 Å². The van der Waals surface area contributed by atoms with E-state index in [1.807, 2.05) is 0 Å². The van der Waals surface area contributed by atoms with Gasteiger partial charge in [0.25, 0.3) is 0 Å². The molecule has 1 aromatic heterocycles. The number of sulfonamides is 1. The Balaban J connectivity index is 1.47. The summed E-state index contributed by atoms with van der Waals surface area (Å²) in [6.45, 7) is 0.411. The number of fused-ring (bicyclic) bond motifs is 1. The number of pyridine rings is 1. The number of benzene rings is 1. The number of nitrogens with zero attached hydrogens (tertiary/aromatic N) is 2. The zero-order valence-electron chi connectivity index (χ0n) is 18.4. The van der Waals surface area contributed by atoms with Crippen molar-refractivity contribution in [1.29, 1.82) is 0 Å². The van der Waals surface area contributed by atoms with E-state index < -0.39 is 21.6 Å². The highest BCUT2D eigenvalue weighted by Gasteiger charge is 2.47. The minimum absolute atomic E-state index is 0.0619. The van der Waals surface area contributed by atoms with Crippen molar-refractivity contribution in [1.82, 2.24) is 9.71 Å². The van der Waals surface area contributed by atoms with Gasteiger partial charge in [0.15, 0.2) is 0 Å². The monoisotopic (exact) mass is 518 g/mol. The van der Waals surface area contributed by atoms with Gasteiger partial charge in [-0.05, 0) is 49.4 Å². The first-order valence-corrected chi connectivity index (χ1v) is 13.1. The molecule has 186 valence electrons. The second-order valence-electron chi connectivity index (χ2n) is 8.91. The minimum atomic E-state index is -5.41. The third-order valence-electron chi connectivity index (χ3n) is 6.41. The molecule has 0 radical (unpaired) electrons. The fraction of sp³-hybridized carbons (Fsp3) is 0.545. The molecule has 7 nitrogen and oxygen atoms in total. The van der Waals surface area contributed by atoms with Gasteiger partial charge in [0, 0.05) is 30.9 Å². The lowest BCUT2D eigenvalue weighted by molar-refractivity contribution is -0.117. The summed E-state index contributed by atoms with van der Waals surface area (Å²) in [6.07, 6.45) is 6.28. The van der Waals surface area contributed by atoms with E-state index in [0.717, 1.165) is 25.7 Å². The lowest BCUT2D eigenvalue weighted by atomic mass is 9.87. The van der Waals surface area contributed by atoms with Gasteiger partial charge in [-0.3, -0.25) is 4.79 Å². The Labute approximate surface area is 201 Å². The van der Waals surface area contributed by atoms with Crippen LogP contribution in [0.3, 0.4) is 0 Å². The van der Waals surface area contributed by atoms with Crippen LogP contribution in [-0.4, -0.2) is 43.9 Å². The van der Waals surface area contributed by atoms with Crippen molar-refractivity contribution in [3.8, 4) is 0 Å². The van der Waals surface area contributed by atoms with E-state index in [1.165, 1.54) is 6.42 Å². The molecule has 1 unspecified atom stereocenters. The van der Waals surface area contributed by atoms with Crippen molar-refractivity contribution in [3.63, 3.8) is 0 Å². The Morgan fingerprint density at radius 1 is 1.12 bits per heavy atom. The average molecular weight is 519 g/mol. The molecule has 34 heavy (non-hydrogen) atoms. The zero-order chi connectivity index (χ0) is 24.5. The molecule has 12 heteroatoms. The number of nitrogens with one attached hydrogen (secondary N) is 2. The maximum Gasteiger partial charge on any atom is 0.511 e. The Bertz CT molecular complexity index is 1170. The first-order valence-electron chi connectivity index (χ1n) is 11.3. The summed E-state index contributed by atoms with van der Waals surface area (Å²) in [5, 5.41) is 3.97. The molecule has 4 rings (SSSR count). The molecule has 1 aliphatic carbocycles. The molecule has 2 aromatic rings. The van der Waals surface area contributed by atoms with Crippen molar-refractivity contribution >= 4 is 49.9 Å². The summed E-state index contributed by atoms with van der Waals surface area (Å²) in [4.78, 5) is 18.9. The fourth-order valence-electron chi connectivity index (χ4n) is 4.66. The van der Waals surface area contributed by atoms with Crippen LogP contribution in [0, 0.1) is 5.92 Å². The van der Waals surface area contributed by atoms with Gasteiger partial charge in [-0.25, -0.2) is 18.1 Å². The molecule has 1 saturated carbocycles. The molecule has 0 bridgehead atoms. The number of alkyl halides is 3. The third-order valence-corrected chi connectivity index (χ3v) is 7.98. The number of hydrogen-bond donors (Lipinski definition) is 2. The summed E-state index contributed by atoms with van der Waals surface area (Å²) >= 11 is 6.36. The lowest BCUT2D eigenvalue weighted by Crippen LogP contribution is -2.43. The third kappa shape index (κ3) is 5.58. The van der Waals surface area contributed by atoms with E-state index in [-0.39, 0.29) is 18.9 Å². The van der Waals surface area contributed by atoms with Gasteiger partial charge in [-0.15, -0.1) is 0 Å². The van der Waals surface area contributed by atoms with Gasteiger partial charge < -0.3 is 10.2 Å². The van der Waals surface area contributed by atoms with Gasteiger partial charge in [-0.1, -0.05) is 30.9 Å². The van der Waals surface area contributed by atoms with E-state index >= 15 is 0 Å². The second-order valence-corrected chi connectivity index (χ2v) is 11.0. The molecular weight excluding hydrogens is 493 g/mol. The molecular formula is C22H26ClF3N4O3S. The first-order chi connectivity index (χ1) is 16.0. The van der Waals surface area contributed by atoms with Crippen molar-refractivity contribution in [3.05, 3.63) is 29.3 Å². The quantitative estimate of drug-likeness (QED) is 0.572. The molecule has 2 fully saturated rings. The SMILES string of the molecule is O=C(CC1CCCCC1)Nc1c(Cl)ccc2nc(N3CCC(NS(=O)(=O)C(F)(F)F)C3)ccc12. The number of anilines is 2. The molecule has 2 heterocycles. The van der Waals surface area contributed by atoms with E-state index in [0.29, 0.717) is 46.3 Å². The Morgan fingerprint density at radius 2 is 1.85 bits per heavy atom. The molecule has 2 N–H and O–H groups in total. The van der Waals surface area contributed by atoms with Gasteiger partial charge in [0.1, 0.15) is 5.82 Å². The molecule has 1 saturated heterocycles. The van der Waals surface area contributed by atoms with Crippen molar-refractivity contribution < 1.29 is 26.4 Å². The van der Waals surface area contributed by atoms with Gasteiger partial charge in [0.05, 0.1) is 16.2 Å². The highest BCUT2D eigenvalue weighted by molar-refractivity contribution is 7.90. The predicted molar refractivity (Wildman–Crippen MR) is 125 cm³/mol. The topological polar surface area (TPSA) is 91.4 Å². The number of rotatable bonds is 6. The van der Waals surface area contributed by atoms with E-state index in [4.69, 9.17) is 11.6 Å². The number of carbonyl (C=O) groups is 1. The second kappa shape index (κ2) is 9.87. The van der Waals surface area contributed by atoms with Crippen LogP contribution in [0.4, 0.5) is 24.7 Å². The van der Waals surface area contributed by atoms with Crippen LogP contribution < -0.4 is 14.9 Å². The van der Waals surface area contributed by atoms with E-state index in [9.17, 15) is 26.4 Å². The van der Waals surface area contributed by atoms with E-state index in [2.05, 4.69) is 10.3 Å². The highest BCUT2D eigenvalue weighted by Crippen LogP contribution is 2.34. The van der Waals surface area contributed by atoms with Crippen LogP contribution in [0.2, 0.25) is 5.02 Å². The Kier molecular flexibility index (Phi) is 7.25. The highest BCUT2D eigenvalue weighted by atomic mass is 35.5. The standard InChI is InChI=1S/C22H26ClF3N4O3S/c23-17-7-8-18-16(21(17)28-20(31)12-14-4-2-1-3-5-14)6-9-19(27-18)30-11-10-15(13-30)29-34(32,33)22(24,25)26/h6-9,14-15,29H,1-5,10-13H2,(H,28,31). The molecule has 1 atom stereocenters. The average Bonchev–Trinajstić information content (AvgIpc) is 3.23.